The van der Waals surface area contributed by atoms with Gasteiger partial charge in [-0.2, -0.15) is 5.10 Å². The third kappa shape index (κ3) is 3.39. The lowest BCUT2D eigenvalue weighted by Crippen LogP contribution is -2.42. The fourth-order valence-corrected chi connectivity index (χ4v) is 4.42. The van der Waals surface area contributed by atoms with Gasteiger partial charge in [-0.25, -0.2) is 0 Å². The summed E-state index contributed by atoms with van der Waals surface area (Å²) in [5.41, 5.74) is 3.29. The second-order valence-electron chi connectivity index (χ2n) is 6.61. The highest BCUT2D eigenvalue weighted by Crippen LogP contribution is 2.39. The van der Waals surface area contributed by atoms with Gasteiger partial charge in [0.05, 0.1) is 17.8 Å². The van der Waals surface area contributed by atoms with Gasteiger partial charge in [-0.3, -0.25) is 9.48 Å². The summed E-state index contributed by atoms with van der Waals surface area (Å²) >= 11 is 1.65. The van der Waals surface area contributed by atoms with Crippen LogP contribution < -0.4 is 5.32 Å². The Morgan fingerprint density at radius 1 is 1.50 bits per heavy atom. The van der Waals surface area contributed by atoms with Crippen molar-refractivity contribution in [1.82, 2.24) is 15.1 Å². The summed E-state index contributed by atoms with van der Waals surface area (Å²) in [4.78, 5) is 13.7. The minimum atomic E-state index is -0.225. The van der Waals surface area contributed by atoms with Crippen LogP contribution in [0.4, 0.5) is 0 Å². The predicted molar refractivity (Wildman–Crippen MR) is 95.0 cm³/mol. The predicted octanol–water partition coefficient (Wildman–Crippen LogP) is 2.75. The highest BCUT2D eigenvalue weighted by molar-refractivity contribution is 7.10. The molecular formula is C18H25N3O2S. The van der Waals surface area contributed by atoms with E-state index in [1.165, 1.54) is 5.56 Å². The lowest BCUT2D eigenvalue weighted by molar-refractivity contribution is -0.123. The number of rotatable bonds is 6. The fraction of sp³-hybridized carbons (Fsp3) is 0.556. The Kier molecular flexibility index (Phi) is 5.06. The molecule has 0 bridgehead atoms. The average Bonchev–Trinajstić information content (AvgIpc) is 3.11. The van der Waals surface area contributed by atoms with Crippen LogP contribution in [-0.2, 0) is 17.8 Å². The fourth-order valence-electron chi connectivity index (χ4n) is 3.55. The van der Waals surface area contributed by atoms with E-state index in [1.54, 1.807) is 16.0 Å². The van der Waals surface area contributed by atoms with Crippen LogP contribution in [-0.4, -0.2) is 26.9 Å². The summed E-state index contributed by atoms with van der Waals surface area (Å²) in [5.74, 6) is 0.289. The molecule has 0 radical (unpaired) electrons. The maximum atomic E-state index is 12.6. The smallest absolute Gasteiger partial charge is 0.242 e. The Balaban J connectivity index is 1.70. The van der Waals surface area contributed by atoms with E-state index < -0.39 is 0 Å². The number of nitrogens with zero attached hydrogens (tertiary/aromatic N) is 2. The Morgan fingerprint density at radius 3 is 2.79 bits per heavy atom. The van der Waals surface area contributed by atoms with Gasteiger partial charge in [-0.05, 0) is 56.0 Å². The lowest BCUT2D eigenvalue weighted by atomic mass is 9.77. The van der Waals surface area contributed by atoms with Crippen LogP contribution in [0.25, 0.3) is 0 Å². The first-order valence-electron chi connectivity index (χ1n) is 8.53. The van der Waals surface area contributed by atoms with Gasteiger partial charge in [0, 0.05) is 10.6 Å². The highest BCUT2D eigenvalue weighted by Gasteiger charge is 2.36. The summed E-state index contributed by atoms with van der Waals surface area (Å²) in [6.45, 7) is 6.36. The maximum Gasteiger partial charge on any atom is 0.242 e. The quantitative estimate of drug-likeness (QED) is 0.844. The monoisotopic (exact) mass is 347 g/mol. The van der Waals surface area contributed by atoms with Crippen molar-refractivity contribution in [3.05, 3.63) is 39.3 Å². The van der Waals surface area contributed by atoms with Crippen molar-refractivity contribution in [1.29, 1.82) is 0 Å². The molecule has 3 rings (SSSR count). The molecule has 0 spiro atoms. The van der Waals surface area contributed by atoms with Gasteiger partial charge in [-0.1, -0.05) is 13.0 Å². The normalized spacial score (nSPS) is 21.3. The molecule has 1 aliphatic rings. The van der Waals surface area contributed by atoms with E-state index in [2.05, 4.69) is 23.4 Å². The number of carbonyl (C=O) groups excluding carboxylic acids is 1. The van der Waals surface area contributed by atoms with Crippen LogP contribution in [0.3, 0.4) is 0 Å². The zero-order chi connectivity index (χ0) is 17.3. The molecule has 2 N–H and O–H groups in total. The third-order valence-electron chi connectivity index (χ3n) is 4.97. The Bertz CT molecular complexity index is 702. The number of carbonyl (C=O) groups is 1. The summed E-state index contributed by atoms with van der Waals surface area (Å²) in [5, 5.41) is 19.3. The lowest BCUT2D eigenvalue weighted by Gasteiger charge is -2.37. The SMILES string of the molecule is CCc1c(C)nn(CC(=O)N[C@@H](c2cccs2)C2CC(O)C2)c1C. The van der Waals surface area contributed by atoms with Gasteiger partial charge in [0.15, 0.2) is 0 Å². The van der Waals surface area contributed by atoms with Crippen LogP contribution >= 0.6 is 11.3 Å². The number of aryl methyl sites for hydroxylation is 1. The second kappa shape index (κ2) is 7.07. The molecule has 0 unspecified atom stereocenters. The first-order valence-corrected chi connectivity index (χ1v) is 9.41. The zero-order valence-corrected chi connectivity index (χ0v) is 15.3. The molecule has 24 heavy (non-hydrogen) atoms. The van der Waals surface area contributed by atoms with Gasteiger partial charge in [0.1, 0.15) is 6.54 Å². The Hall–Kier alpha value is -1.66. The largest absolute Gasteiger partial charge is 0.393 e. The van der Waals surface area contributed by atoms with Crippen LogP contribution in [0.1, 0.15) is 47.6 Å². The Labute approximate surface area is 146 Å². The first kappa shape index (κ1) is 17.2. The molecular weight excluding hydrogens is 322 g/mol. The van der Waals surface area contributed by atoms with Crippen molar-refractivity contribution < 1.29 is 9.90 Å². The maximum absolute atomic E-state index is 12.6. The van der Waals surface area contributed by atoms with E-state index in [9.17, 15) is 9.90 Å². The van der Waals surface area contributed by atoms with Crippen molar-refractivity contribution >= 4 is 17.2 Å². The summed E-state index contributed by atoms with van der Waals surface area (Å²) in [6.07, 6.45) is 2.21. The van der Waals surface area contributed by atoms with Crippen LogP contribution in [0.2, 0.25) is 0 Å². The van der Waals surface area contributed by atoms with Crippen molar-refractivity contribution in [2.75, 3.05) is 0 Å². The number of aliphatic hydroxyl groups excluding tert-OH is 1. The number of hydrogen-bond acceptors (Lipinski definition) is 4. The molecule has 5 nitrogen and oxygen atoms in total. The van der Waals surface area contributed by atoms with E-state index in [1.807, 2.05) is 25.3 Å². The first-order chi connectivity index (χ1) is 11.5. The van der Waals surface area contributed by atoms with Gasteiger partial charge in [-0.15, -0.1) is 11.3 Å². The molecule has 130 valence electrons. The number of hydrogen-bond donors (Lipinski definition) is 2. The van der Waals surface area contributed by atoms with E-state index in [0.717, 1.165) is 35.5 Å². The molecule has 1 saturated carbocycles. The van der Waals surface area contributed by atoms with Crippen LogP contribution in [0.5, 0.6) is 0 Å². The molecule has 0 saturated heterocycles. The second-order valence-corrected chi connectivity index (χ2v) is 7.59. The van der Waals surface area contributed by atoms with E-state index in [-0.39, 0.29) is 24.6 Å². The van der Waals surface area contributed by atoms with Gasteiger partial charge < -0.3 is 10.4 Å². The molecule has 1 atom stereocenters. The number of aliphatic hydroxyl groups is 1. The third-order valence-corrected chi connectivity index (χ3v) is 5.92. The summed E-state index contributed by atoms with van der Waals surface area (Å²) in [7, 11) is 0. The minimum Gasteiger partial charge on any atom is -0.393 e. The molecule has 0 aromatic carbocycles. The molecule has 1 aliphatic carbocycles. The molecule has 6 heteroatoms. The van der Waals surface area contributed by atoms with Gasteiger partial charge in [0.2, 0.25) is 5.91 Å². The zero-order valence-electron chi connectivity index (χ0n) is 14.5. The highest BCUT2D eigenvalue weighted by atomic mass is 32.1. The van der Waals surface area contributed by atoms with E-state index in [0.29, 0.717) is 5.92 Å². The number of nitrogens with one attached hydrogen (secondary N) is 1. The van der Waals surface area contributed by atoms with E-state index >= 15 is 0 Å². The molecule has 1 fully saturated rings. The average molecular weight is 347 g/mol. The van der Waals surface area contributed by atoms with Crippen molar-refractivity contribution in [3.8, 4) is 0 Å². The minimum absolute atomic E-state index is 0.0106. The molecule has 1 amide bonds. The van der Waals surface area contributed by atoms with Crippen molar-refractivity contribution in [3.63, 3.8) is 0 Å². The van der Waals surface area contributed by atoms with Gasteiger partial charge >= 0.3 is 0 Å². The summed E-state index contributed by atoms with van der Waals surface area (Å²) in [6, 6.07) is 4.05. The van der Waals surface area contributed by atoms with Gasteiger partial charge in [0.25, 0.3) is 0 Å². The topological polar surface area (TPSA) is 67.2 Å². The molecule has 2 aromatic heterocycles. The molecule has 2 heterocycles. The van der Waals surface area contributed by atoms with Crippen LogP contribution in [0, 0.1) is 19.8 Å². The van der Waals surface area contributed by atoms with Crippen molar-refractivity contribution in [2.24, 2.45) is 5.92 Å². The molecule has 2 aromatic rings. The Morgan fingerprint density at radius 2 is 2.25 bits per heavy atom. The van der Waals surface area contributed by atoms with Crippen molar-refractivity contribution in [2.45, 2.75) is 58.7 Å². The van der Waals surface area contributed by atoms with E-state index in [4.69, 9.17) is 0 Å². The number of amides is 1. The summed E-state index contributed by atoms with van der Waals surface area (Å²) < 4.78 is 1.80. The molecule has 0 aliphatic heterocycles. The number of aromatic nitrogens is 2. The van der Waals surface area contributed by atoms with Crippen LogP contribution in [0.15, 0.2) is 17.5 Å². The number of thiophene rings is 1. The standard InChI is InChI=1S/C18H25N3O2S/c1-4-15-11(2)20-21(12(15)3)10-17(23)19-18(13-8-14(22)9-13)16-6-5-7-24-16/h5-7,13-14,18,22H,4,8-10H2,1-3H3,(H,19,23)/t13?,14?,18-/m1/s1.